The lowest BCUT2D eigenvalue weighted by Crippen LogP contribution is -2.30. The summed E-state index contributed by atoms with van der Waals surface area (Å²) in [6, 6.07) is 0. The van der Waals surface area contributed by atoms with Gasteiger partial charge in [0.05, 0.1) is 0 Å². The van der Waals surface area contributed by atoms with E-state index in [1.807, 2.05) is 0 Å². The molecular formula is C66H110O6. The molecule has 0 N–H and O–H groups in total. The van der Waals surface area contributed by atoms with Crippen LogP contribution in [0.15, 0.2) is 109 Å². The molecule has 6 heteroatoms. The molecule has 0 aromatic carbocycles. The molecule has 0 aliphatic carbocycles. The lowest BCUT2D eigenvalue weighted by molar-refractivity contribution is -0.167. The minimum absolute atomic E-state index is 0.110. The van der Waals surface area contributed by atoms with Crippen molar-refractivity contribution in [1.82, 2.24) is 0 Å². The summed E-state index contributed by atoms with van der Waals surface area (Å²) in [5, 5.41) is 0. The number of rotatable bonds is 53. The van der Waals surface area contributed by atoms with E-state index >= 15 is 0 Å². The van der Waals surface area contributed by atoms with E-state index in [4.69, 9.17) is 14.2 Å². The number of unbranched alkanes of at least 4 members (excludes halogenated alkanes) is 24. The molecule has 0 amide bonds. The summed E-state index contributed by atoms with van der Waals surface area (Å²) in [4.78, 5) is 38.2. The first kappa shape index (κ1) is 68.1. The molecule has 72 heavy (non-hydrogen) atoms. The van der Waals surface area contributed by atoms with Crippen LogP contribution in [0.4, 0.5) is 0 Å². The van der Waals surface area contributed by atoms with Gasteiger partial charge in [-0.3, -0.25) is 14.4 Å². The first-order valence-electron chi connectivity index (χ1n) is 29.9. The Hall–Kier alpha value is -3.93. The van der Waals surface area contributed by atoms with Crippen LogP contribution in [0.2, 0.25) is 0 Å². The van der Waals surface area contributed by atoms with Crippen LogP contribution in [-0.4, -0.2) is 37.2 Å². The predicted molar refractivity (Wildman–Crippen MR) is 311 cm³/mol. The average molecular weight is 1000 g/mol. The van der Waals surface area contributed by atoms with Crippen molar-refractivity contribution in [3.8, 4) is 0 Å². The number of hydrogen-bond acceptors (Lipinski definition) is 6. The summed E-state index contributed by atoms with van der Waals surface area (Å²) < 4.78 is 16.8. The maximum atomic E-state index is 12.8. The van der Waals surface area contributed by atoms with Crippen molar-refractivity contribution in [2.24, 2.45) is 0 Å². The molecule has 0 aromatic rings. The minimum atomic E-state index is -0.820. The Morgan fingerprint density at radius 2 is 0.556 bits per heavy atom. The third kappa shape index (κ3) is 57.0. The number of hydrogen-bond donors (Lipinski definition) is 0. The van der Waals surface area contributed by atoms with E-state index < -0.39 is 6.10 Å². The maximum Gasteiger partial charge on any atom is 0.306 e. The molecule has 6 nitrogen and oxygen atoms in total. The monoisotopic (exact) mass is 999 g/mol. The van der Waals surface area contributed by atoms with Crippen molar-refractivity contribution in [1.29, 1.82) is 0 Å². The molecule has 0 rings (SSSR count). The van der Waals surface area contributed by atoms with Crippen molar-refractivity contribution in [3.63, 3.8) is 0 Å². The van der Waals surface area contributed by atoms with Crippen LogP contribution in [-0.2, 0) is 28.6 Å². The molecule has 0 aliphatic rings. The standard InChI is InChI=1S/C66H110O6/c1-4-7-10-13-16-19-22-25-28-31-32-33-34-36-38-41-44-47-50-53-56-59-65(68)71-62-63(61-70-64(67)58-55-52-49-46-43-40-37-30-27-24-21-18-15-12-9-6-3)72-66(69)60-57-54-51-48-45-42-39-35-29-26-23-20-17-14-11-8-5-2/h8,11,17,20,22,25-26,29-32,34,36-37,39,42,48,51,63H,4-7,9-10,12-16,18-19,21,23-24,27-28,33,35,38,40-41,43-47,49-50,52-62H2,1-3H3/b11-8-,20-17-,25-22-,29-26-,32-31-,36-34-,37-30-,42-39-,51-48-. The highest BCUT2D eigenvalue weighted by molar-refractivity contribution is 5.71. The number of allylic oxidation sites excluding steroid dienone is 18. The molecule has 0 bridgehead atoms. The van der Waals surface area contributed by atoms with Crippen LogP contribution < -0.4 is 0 Å². The minimum Gasteiger partial charge on any atom is -0.462 e. The summed E-state index contributed by atoms with van der Waals surface area (Å²) in [6.45, 7) is 6.45. The van der Waals surface area contributed by atoms with Crippen LogP contribution >= 0.6 is 0 Å². The van der Waals surface area contributed by atoms with E-state index in [2.05, 4.69) is 130 Å². The third-order valence-corrected chi connectivity index (χ3v) is 12.5. The van der Waals surface area contributed by atoms with Crippen LogP contribution in [0.5, 0.6) is 0 Å². The second kappa shape index (κ2) is 59.6. The Kier molecular flexibility index (Phi) is 56.4. The van der Waals surface area contributed by atoms with E-state index in [1.165, 1.54) is 109 Å². The number of ether oxygens (including phenoxy) is 3. The Morgan fingerprint density at radius 3 is 0.903 bits per heavy atom. The second-order valence-corrected chi connectivity index (χ2v) is 19.5. The fourth-order valence-electron chi connectivity index (χ4n) is 8.01. The smallest absolute Gasteiger partial charge is 0.306 e. The summed E-state index contributed by atoms with van der Waals surface area (Å²) in [5.41, 5.74) is 0. The molecule has 0 spiro atoms. The van der Waals surface area contributed by atoms with E-state index in [-0.39, 0.29) is 37.5 Å². The summed E-state index contributed by atoms with van der Waals surface area (Å²) in [6.07, 6.45) is 80.8. The predicted octanol–water partition coefficient (Wildman–Crippen LogP) is 20.3. The third-order valence-electron chi connectivity index (χ3n) is 12.5. The lowest BCUT2D eigenvalue weighted by Gasteiger charge is -2.18. The molecular weight excluding hydrogens is 889 g/mol. The molecule has 0 aromatic heterocycles. The Morgan fingerprint density at radius 1 is 0.292 bits per heavy atom. The SMILES string of the molecule is CC/C=C\C/C=C\C/C=C\C/C=C\C/C=C\CCCC(=O)OC(COC(=O)CCCCCCC/C=C\CCCCCCCCC)COC(=O)CCCCCCCC/C=C\C/C=C\C/C=C\CCCCCCC. The highest BCUT2D eigenvalue weighted by Crippen LogP contribution is 2.14. The Balaban J connectivity index is 4.50. The van der Waals surface area contributed by atoms with Crippen molar-refractivity contribution in [2.75, 3.05) is 13.2 Å². The fraction of sp³-hybridized carbons (Fsp3) is 0.682. The van der Waals surface area contributed by atoms with Crippen molar-refractivity contribution in [3.05, 3.63) is 109 Å². The van der Waals surface area contributed by atoms with Gasteiger partial charge in [-0.1, -0.05) is 239 Å². The number of carbonyl (C=O) groups excluding carboxylic acids is 3. The quantitative estimate of drug-likeness (QED) is 0.0261. The van der Waals surface area contributed by atoms with Crippen molar-refractivity contribution in [2.45, 2.75) is 277 Å². The second-order valence-electron chi connectivity index (χ2n) is 19.5. The Bertz CT molecular complexity index is 1470. The van der Waals surface area contributed by atoms with Gasteiger partial charge in [0.1, 0.15) is 13.2 Å². The summed E-state index contributed by atoms with van der Waals surface area (Å²) in [7, 11) is 0. The van der Waals surface area contributed by atoms with Gasteiger partial charge >= 0.3 is 17.9 Å². The molecule has 1 atom stereocenters. The van der Waals surface area contributed by atoms with Gasteiger partial charge in [-0.25, -0.2) is 0 Å². The summed E-state index contributed by atoms with van der Waals surface area (Å²) >= 11 is 0. The van der Waals surface area contributed by atoms with Gasteiger partial charge in [-0.05, 0) is 122 Å². The normalized spacial score (nSPS) is 12.9. The van der Waals surface area contributed by atoms with Gasteiger partial charge in [0.2, 0.25) is 0 Å². The zero-order valence-corrected chi connectivity index (χ0v) is 46.9. The van der Waals surface area contributed by atoms with Crippen LogP contribution in [0, 0.1) is 0 Å². The topological polar surface area (TPSA) is 78.9 Å². The molecule has 1 unspecified atom stereocenters. The molecule has 410 valence electrons. The van der Waals surface area contributed by atoms with Crippen LogP contribution in [0.25, 0.3) is 0 Å². The van der Waals surface area contributed by atoms with Gasteiger partial charge in [0.25, 0.3) is 0 Å². The van der Waals surface area contributed by atoms with Gasteiger partial charge < -0.3 is 14.2 Å². The number of carbonyl (C=O) groups is 3. The van der Waals surface area contributed by atoms with Gasteiger partial charge in [-0.2, -0.15) is 0 Å². The maximum absolute atomic E-state index is 12.8. The van der Waals surface area contributed by atoms with E-state index in [0.717, 1.165) is 116 Å². The fourth-order valence-corrected chi connectivity index (χ4v) is 8.01. The lowest BCUT2D eigenvalue weighted by atomic mass is 10.1. The van der Waals surface area contributed by atoms with Crippen LogP contribution in [0.1, 0.15) is 271 Å². The summed E-state index contributed by atoms with van der Waals surface area (Å²) in [5.74, 6) is -0.987. The van der Waals surface area contributed by atoms with E-state index in [1.54, 1.807) is 0 Å². The molecule has 0 saturated carbocycles. The van der Waals surface area contributed by atoms with Crippen LogP contribution in [0.3, 0.4) is 0 Å². The molecule has 0 heterocycles. The zero-order valence-electron chi connectivity index (χ0n) is 46.9. The largest absolute Gasteiger partial charge is 0.462 e. The zero-order chi connectivity index (χ0) is 52.2. The van der Waals surface area contributed by atoms with Gasteiger partial charge in [0, 0.05) is 19.3 Å². The van der Waals surface area contributed by atoms with E-state index in [0.29, 0.717) is 19.3 Å². The molecule has 0 saturated heterocycles. The van der Waals surface area contributed by atoms with Gasteiger partial charge in [0.15, 0.2) is 6.10 Å². The highest BCUT2D eigenvalue weighted by Gasteiger charge is 2.19. The van der Waals surface area contributed by atoms with Crippen molar-refractivity contribution >= 4 is 17.9 Å². The molecule has 0 fully saturated rings. The van der Waals surface area contributed by atoms with E-state index in [9.17, 15) is 14.4 Å². The average Bonchev–Trinajstić information content (AvgIpc) is 3.38. The Labute approximate surface area is 444 Å². The van der Waals surface area contributed by atoms with Crippen molar-refractivity contribution < 1.29 is 28.6 Å². The first-order chi connectivity index (χ1) is 35.5. The number of esters is 3. The molecule has 0 aliphatic heterocycles. The highest BCUT2D eigenvalue weighted by atomic mass is 16.6. The first-order valence-corrected chi connectivity index (χ1v) is 29.9. The van der Waals surface area contributed by atoms with Gasteiger partial charge in [-0.15, -0.1) is 0 Å². The molecule has 0 radical (unpaired) electrons.